The highest BCUT2D eigenvalue weighted by atomic mass is 28.2. The first-order valence-corrected chi connectivity index (χ1v) is 9.51. The van der Waals surface area contributed by atoms with Crippen LogP contribution < -0.4 is 4.74 Å². The number of halogens is 2. The van der Waals surface area contributed by atoms with Crippen LogP contribution in [0.4, 0.5) is 8.78 Å². The van der Waals surface area contributed by atoms with E-state index in [9.17, 15) is 8.78 Å². The van der Waals surface area contributed by atoms with Gasteiger partial charge in [-0.15, -0.1) is 0 Å². The molecule has 0 aromatic heterocycles. The summed E-state index contributed by atoms with van der Waals surface area (Å²) >= 11 is 0. The average Bonchev–Trinajstić information content (AvgIpc) is 2.53. The molecule has 0 radical (unpaired) electrons. The molecular formula is C17H22F2O2Si. The van der Waals surface area contributed by atoms with Crippen molar-refractivity contribution in [2.75, 3.05) is 6.61 Å². The lowest BCUT2D eigenvalue weighted by Crippen LogP contribution is -2.26. The summed E-state index contributed by atoms with van der Waals surface area (Å²) in [6.07, 6.45) is 6.45. The Labute approximate surface area is 132 Å². The quantitative estimate of drug-likeness (QED) is 0.433. The molecule has 0 spiro atoms. The van der Waals surface area contributed by atoms with Crippen molar-refractivity contribution in [2.45, 2.75) is 38.0 Å². The third-order valence-electron chi connectivity index (χ3n) is 3.82. The van der Waals surface area contributed by atoms with Crippen LogP contribution >= 0.6 is 0 Å². The zero-order chi connectivity index (χ0) is 15.9. The standard InChI is InChI=1S/C17H22F2O2Si/c1-3-5-12-6-9-15(21-10-12)22-11-13-7-8-14(20-4-2)17(19)16(13)18/h4,6-8,15H,2-3,5,9-11,22H2,1H3. The van der Waals surface area contributed by atoms with Crippen molar-refractivity contribution in [1.82, 2.24) is 0 Å². The fourth-order valence-electron chi connectivity index (χ4n) is 2.61. The van der Waals surface area contributed by atoms with Gasteiger partial charge in [-0.2, -0.15) is 4.39 Å². The second-order valence-corrected chi connectivity index (χ2v) is 7.44. The second kappa shape index (κ2) is 8.24. The van der Waals surface area contributed by atoms with Gasteiger partial charge in [0.25, 0.3) is 0 Å². The predicted molar refractivity (Wildman–Crippen MR) is 86.8 cm³/mol. The minimum absolute atomic E-state index is 0.126. The Morgan fingerprint density at radius 3 is 2.86 bits per heavy atom. The summed E-state index contributed by atoms with van der Waals surface area (Å²) in [6, 6.07) is 3.62. The van der Waals surface area contributed by atoms with Gasteiger partial charge in [0.15, 0.2) is 11.6 Å². The van der Waals surface area contributed by atoms with Crippen molar-refractivity contribution in [2.24, 2.45) is 0 Å². The molecule has 120 valence electrons. The van der Waals surface area contributed by atoms with Gasteiger partial charge in [0, 0.05) is 5.73 Å². The number of hydrogen-bond donors (Lipinski definition) is 0. The van der Waals surface area contributed by atoms with Gasteiger partial charge < -0.3 is 9.47 Å². The van der Waals surface area contributed by atoms with Crippen molar-refractivity contribution in [3.8, 4) is 5.75 Å². The van der Waals surface area contributed by atoms with Crippen LogP contribution in [0.15, 0.2) is 36.6 Å². The maximum Gasteiger partial charge on any atom is 0.201 e. The lowest BCUT2D eigenvalue weighted by Gasteiger charge is -2.22. The summed E-state index contributed by atoms with van der Waals surface area (Å²) in [7, 11) is -0.665. The lowest BCUT2D eigenvalue weighted by molar-refractivity contribution is 0.114. The Bertz CT molecular complexity index is 558. The van der Waals surface area contributed by atoms with Gasteiger partial charge in [-0.05, 0) is 36.1 Å². The molecule has 0 bridgehead atoms. The molecule has 5 heteroatoms. The molecule has 0 aliphatic carbocycles. The van der Waals surface area contributed by atoms with E-state index in [4.69, 9.17) is 9.47 Å². The SMILES string of the molecule is C=COc1ccc(C[SiH2]C2CC=C(CCC)CO2)c(F)c1F. The molecule has 0 amide bonds. The van der Waals surface area contributed by atoms with Crippen LogP contribution in [-0.2, 0) is 10.8 Å². The first-order chi connectivity index (χ1) is 10.7. The molecule has 0 saturated heterocycles. The highest BCUT2D eigenvalue weighted by Crippen LogP contribution is 2.24. The van der Waals surface area contributed by atoms with Gasteiger partial charge in [-0.25, -0.2) is 4.39 Å². The molecule has 2 rings (SSSR count). The lowest BCUT2D eigenvalue weighted by atomic mass is 10.1. The molecule has 1 unspecified atom stereocenters. The molecule has 2 nitrogen and oxygen atoms in total. The Morgan fingerprint density at radius 2 is 2.23 bits per heavy atom. The summed E-state index contributed by atoms with van der Waals surface area (Å²) in [5, 5.41) is 0. The Hall–Kier alpha value is -1.46. The van der Waals surface area contributed by atoms with E-state index >= 15 is 0 Å². The van der Waals surface area contributed by atoms with Gasteiger partial charge in [0.1, 0.15) is 0 Å². The van der Waals surface area contributed by atoms with Gasteiger partial charge >= 0.3 is 0 Å². The van der Waals surface area contributed by atoms with Gasteiger partial charge in [0.2, 0.25) is 5.82 Å². The van der Waals surface area contributed by atoms with Gasteiger partial charge in [-0.1, -0.05) is 32.1 Å². The summed E-state index contributed by atoms with van der Waals surface area (Å²) in [5.41, 5.74) is 1.98. The van der Waals surface area contributed by atoms with E-state index in [1.54, 1.807) is 6.07 Å². The summed E-state index contributed by atoms with van der Waals surface area (Å²) in [6.45, 7) is 6.18. The smallest absolute Gasteiger partial charge is 0.201 e. The maximum absolute atomic E-state index is 14.0. The molecule has 0 N–H and O–H groups in total. The molecule has 1 aromatic carbocycles. The van der Waals surface area contributed by atoms with E-state index in [1.165, 1.54) is 11.6 Å². The number of hydrogen-bond acceptors (Lipinski definition) is 2. The van der Waals surface area contributed by atoms with Crippen molar-refractivity contribution in [1.29, 1.82) is 0 Å². The first kappa shape index (κ1) is 16.9. The summed E-state index contributed by atoms with van der Waals surface area (Å²) in [4.78, 5) is 0. The number of rotatable bonds is 7. The average molecular weight is 324 g/mol. The normalized spacial score (nSPS) is 18.5. The minimum Gasteiger partial charge on any atom is -0.462 e. The highest BCUT2D eigenvalue weighted by Gasteiger charge is 2.18. The van der Waals surface area contributed by atoms with Crippen molar-refractivity contribution in [3.05, 3.63) is 53.8 Å². The van der Waals surface area contributed by atoms with Crippen LogP contribution in [0.5, 0.6) is 5.75 Å². The molecule has 1 heterocycles. The Kier molecular flexibility index (Phi) is 6.33. The molecular weight excluding hydrogens is 302 g/mol. The second-order valence-electron chi connectivity index (χ2n) is 5.46. The van der Waals surface area contributed by atoms with E-state index in [0.29, 0.717) is 18.2 Å². The molecule has 1 aliphatic heterocycles. The fraction of sp³-hybridized carbons (Fsp3) is 0.412. The zero-order valence-electron chi connectivity index (χ0n) is 12.9. The van der Waals surface area contributed by atoms with E-state index in [-0.39, 0.29) is 11.5 Å². The van der Waals surface area contributed by atoms with Crippen LogP contribution in [0, 0.1) is 11.6 Å². The largest absolute Gasteiger partial charge is 0.462 e. The monoisotopic (exact) mass is 324 g/mol. The fourth-order valence-corrected chi connectivity index (χ4v) is 4.31. The first-order valence-electron chi connectivity index (χ1n) is 7.69. The van der Waals surface area contributed by atoms with E-state index in [1.807, 2.05) is 0 Å². The maximum atomic E-state index is 14.0. The van der Waals surface area contributed by atoms with Crippen LogP contribution in [0.2, 0.25) is 0 Å². The van der Waals surface area contributed by atoms with Crippen molar-refractivity contribution < 1.29 is 18.3 Å². The van der Waals surface area contributed by atoms with Crippen molar-refractivity contribution in [3.63, 3.8) is 0 Å². The van der Waals surface area contributed by atoms with Gasteiger partial charge in [-0.3, -0.25) is 0 Å². The zero-order valence-corrected chi connectivity index (χ0v) is 14.3. The highest BCUT2D eigenvalue weighted by molar-refractivity contribution is 6.36. The Morgan fingerprint density at radius 1 is 1.41 bits per heavy atom. The molecule has 1 aromatic rings. The summed E-state index contributed by atoms with van der Waals surface area (Å²) in [5.74, 6) is -1.88. The number of benzene rings is 1. The number of ether oxygens (including phenoxy) is 2. The minimum atomic E-state index is -0.943. The van der Waals surface area contributed by atoms with Crippen LogP contribution in [0.3, 0.4) is 0 Å². The summed E-state index contributed by atoms with van der Waals surface area (Å²) < 4.78 is 38.4. The molecule has 22 heavy (non-hydrogen) atoms. The predicted octanol–water partition coefficient (Wildman–Crippen LogP) is 3.63. The topological polar surface area (TPSA) is 18.5 Å². The van der Waals surface area contributed by atoms with Crippen LogP contribution in [0.1, 0.15) is 31.7 Å². The molecule has 0 saturated carbocycles. The third-order valence-corrected chi connectivity index (χ3v) is 5.86. The molecule has 1 aliphatic rings. The molecule has 1 atom stereocenters. The van der Waals surface area contributed by atoms with E-state index in [0.717, 1.165) is 25.5 Å². The molecule has 0 fully saturated rings. The Balaban J connectivity index is 1.92. The van der Waals surface area contributed by atoms with Crippen molar-refractivity contribution >= 4 is 9.52 Å². The van der Waals surface area contributed by atoms with Crippen LogP contribution in [0.25, 0.3) is 0 Å². The van der Waals surface area contributed by atoms with E-state index < -0.39 is 21.2 Å². The van der Waals surface area contributed by atoms with Gasteiger partial charge in [0.05, 0.1) is 22.4 Å². The van der Waals surface area contributed by atoms with Crippen LogP contribution in [-0.4, -0.2) is 21.9 Å². The third kappa shape index (κ3) is 4.27. The van der Waals surface area contributed by atoms with E-state index in [2.05, 4.69) is 19.6 Å².